The van der Waals surface area contributed by atoms with E-state index in [2.05, 4.69) is 66.1 Å². The van der Waals surface area contributed by atoms with Crippen LogP contribution in [0.15, 0.2) is 71.8 Å². The lowest BCUT2D eigenvalue weighted by Gasteiger charge is -2.35. The topological polar surface area (TPSA) is 57.6 Å². The molecule has 0 spiro atoms. The third-order valence-corrected chi connectivity index (χ3v) is 7.73. The van der Waals surface area contributed by atoms with Gasteiger partial charge in [-0.25, -0.2) is 5.01 Å². The molecular formula is C32H38N4O3. The fourth-order valence-electron chi connectivity index (χ4n) is 5.59. The second-order valence-electron chi connectivity index (χ2n) is 10.5. The number of hydrogen-bond acceptors (Lipinski definition) is 6. The molecule has 1 atom stereocenters. The van der Waals surface area contributed by atoms with Gasteiger partial charge in [0.05, 0.1) is 32.5 Å². The third kappa shape index (κ3) is 6.15. The summed E-state index contributed by atoms with van der Waals surface area (Å²) in [6.07, 6.45) is 0.615. The average molecular weight is 527 g/mol. The zero-order chi connectivity index (χ0) is 27.4. The Morgan fingerprint density at radius 1 is 0.897 bits per heavy atom. The third-order valence-electron chi connectivity index (χ3n) is 7.73. The number of amides is 1. The van der Waals surface area contributed by atoms with Crippen molar-refractivity contribution in [3.63, 3.8) is 0 Å². The molecular weight excluding hydrogens is 488 g/mol. The molecule has 204 valence electrons. The van der Waals surface area contributed by atoms with Gasteiger partial charge in [0.15, 0.2) is 0 Å². The second kappa shape index (κ2) is 12.0. The molecule has 0 aliphatic carbocycles. The van der Waals surface area contributed by atoms with Gasteiger partial charge in [-0.3, -0.25) is 14.6 Å². The van der Waals surface area contributed by atoms with Crippen molar-refractivity contribution in [1.29, 1.82) is 0 Å². The van der Waals surface area contributed by atoms with Gasteiger partial charge in [-0.15, -0.1) is 0 Å². The molecule has 7 heteroatoms. The Morgan fingerprint density at radius 3 is 2.33 bits per heavy atom. The molecule has 5 rings (SSSR count). The van der Waals surface area contributed by atoms with Crippen molar-refractivity contribution < 1.29 is 14.3 Å². The Hall–Kier alpha value is -3.68. The Labute approximate surface area is 231 Å². The summed E-state index contributed by atoms with van der Waals surface area (Å²) in [4.78, 5) is 18.5. The van der Waals surface area contributed by atoms with Crippen LogP contribution in [0.25, 0.3) is 0 Å². The van der Waals surface area contributed by atoms with Crippen LogP contribution in [0.4, 0.5) is 0 Å². The summed E-state index contributed by atoms with van der Waals surface area (Å²) in [5.41, 5.74) is 6.60. The van der Waals surface area contributed by atoms with Gasteiger partial charge < -0.3 is 9.47 Å². The predicted molar refractivity (Wildman–Crippen MR) is 154 cm³/mol. The van der Waals surface area contributed by atoms with Gasteiger partial charge in [0.25, 0.3) is 5.91 Å². The molecule has 3 aromatic rings. The number of rotatable bonds is 8. The lowest BCUT2D eigenvalue weighted by molar-refractivity contribution is -0.134. The quantitative estimate of drug-likeness (QED) is 0.422. The molecule has 0 N–H and O–H groups in total. The molecule has 2 aliphatic rings. The highest BCUT2D eigenvalue weighted by Gasteiger charge is 2.36. The van der Waals surface area contributed by atoms with Crippen LogP contribution in [-0.2, 0) is 11.3 Å². The maximum Gasteiger partial charge on any atom is 0.257 e. The van der Waals surface area contributed by atoms with E-state index in [9.17, 15) is 4.79 Å². The first-order chi connectivity index (χ1) is 18.9. The molecule has 2 heterocycles. The number of hydrazone groups is 1. The van der Waals surface area contributed by atoms with Crippen LogP contribution >= 0.6 is 0 Å². The summed E-state index contributed by atoms with van der Waals surface area (Å²) < 4.78 is 11.2. The van der Waals surface area contributed by atoms with Gasteiger partial charge in [0, 0.05) is 50.3 Å². The van der Waals surface area contributed by atoms with Crippen LogP contribution < -0.4 is 9.47 Å². The summed E-state index contributed by atoms with van der Waals surface area (Å²) in [7, 11) is 3.31. The van der Waals surface area contributed by atoms with E-state index in [1.807, 2.05) is 24.3 Å². The minimum absolute atomic E-state index is 0.00106. The van der Waals surface area contributed by atoms with Crippen LogP contribution in [0, 0.1) is 13.8 Å². The van der Waals surface area contributed by atoms with Crippen LogP contribution in [-0.4, -0.2) is 73.4 Å². The molecule has 1 amide bonds. The first-order valence-corrected chi connectivity index (χ1v) is 13.6. The summed E-state index contributed by atoms with van der Waals surface area (Å²) >= 11 is 0. The normalized spacial score (nSPS) is 18.2. The van der Waals surface area contributed by atoms with Gasteiger partial charge >= 0.3 is 0 Å². The smallest absolute Gasteiger partial charge is 0.257 e. The zero-order valence-electron chi connectivity index (χ0n) is 23.4. The number of benzene rings is 3. The van der Waals surface area contributed by atoms with Crippen molar-refractivity contribution in [3.05, 3.63) is 94.5 Å². The Morgan fingerprint density at radius 2 is 1.64 bits per heavy atom. The first-order valence-electron chi connectivity index (χ1n) is 13.6. The van der Waals surface area contributed by atoms with Crippen molar-refractivity contribution in [3.8, 4) is 11.5 Å². The average Bonchev–Trinajstić information content (AvgIpc) is 3.39. The minimum Gasteiger partial charge on any atom is -0.497 e. The molecule has 0 saturated carbocycles. The second-order valence-corrected chi connectivity index (χ2v) is 10.5. The number of piperazine rings is 1. The molecule has 0 radical (unpaired) electrons. The van der Waals surface area contributed by atoms with Crippen LogP contribution in [0.3, 0.4) is 0 Å². The largest absolute Gasteiger partial charge is 0.497 e. The molecule has 7 nitrogen and oxygen atoms in total. The summed E-state index contributed by atoms with van der Waals surface area (Å²) in [6, 6.07) is 22.4. The van der Waals surface area contributed by atoms with E-state index in [1.54, 1.807) is 19.2 Å². The number of carbonyl (C=O) groups is 1. The fourth-order valence-corrected chi connectivity index (χ4v) is 5.59. The van der Waals surface area contributed by atoms with E-state index < -0.39 is 0 Å². The van der Waals surface area contributed by atoms with E-state index in [1.165, 1.54) is 11.1 Å². The molecule has 39 heavy (non-hydrogen) atoms. The minimum atomic E-state index is -0.266. The number of hydrogen-bond donors (Lipinski definition) is 0. The Kier molecular flexibility index (Phi) is 8.29. The standard InChI is InChI=1S/C32H38N4O3/c1-23-10-12-27(24(2)18-23)29-20-30(28-19-26(38-3)11-13-31(28)39-4)36(33-29)32(37)22-35-16-14-34(15-17-35)21-25-8-6-5-7-9-25/h5-13,18-19,30H,14-17,20-22H2,1-4H3/t30-/m0/s1. The molecule has 0 unspecified atom stereocenters. The zero-order valence-corrected chi connectivity index (χ0v) is 23.4. The fraction of sp³-hybridized carbons (Fsp3) is 0.375. The maximum absolute atomic E-state index is 13.8. The van der Waals surface area contributed by atoms with Gasteiger partial charge in [-0.2, -0.15) is 5.10 Å². The maximum atomic E-state index is 13.8. The van der Waals surface area contributed by atoms with E-state index in [0.717, 1.165) is 66.6 Å². The van der Waals surface area contributed by atoms with Crippen LogP contribution in [0.1, 0.15) is 40.3 Å². The molecule has 1 fully saturated rings. The SMILES string of the molecule is COc1ccc(OC)c([C@@H]2CC(c3ccc(C)cc3C)=NN2C(=O)CN2CCN(Cc3ccccc3)CC2)c1. The molecule has 0 bridgehead atoms. The number of methoxy groups -OCH3 is 2. The highest BCUT2D eigenvalue weighted by Crippen LogP contribution is 2.39. The monoisotopic (exact) mass is 526 g/mol. The molecule has 3 aromatic carbocycles. The van der Waals surface area contributed by atoms with Gasteiger partial charge in [0.2, 0.25) is 0 Å². The molecule has 1 saturated heterocycles. The van der Waals surface area contributed by atoms with E-state index in [0.29, 0.717) is 13.0 Å². The van der Waals surface area contributed by atoms with Crippen molar-refractivity contribution in [2.45, 2.75) is 32.9 Å². The van der Waals surface area contributed by atoms with Crippen molar-refractivity contribution >= 4 is 11.6 Å². The van der Waals surface area contributed by atoms with Gasteiger partial charge in [0.1, 0.15) is 11.5 Å². The van der Waals surface area contributed by atoms with E-state index in [4.69, 9.17) is 14.6 Å². The number of nitrogens with zero attached hydrogens (tertiary/aromatic N) is 4. The summed E-state index contributed by atoms with van der Waals surface area (Å²) in [6.45, 7) is 9.05. The number of ether oxygens (including phenoxy) is 2. The van der Waals surface area contributed by atoms with E-state index in [-0.39, 0.29) is 11.9 Å². The molecule has 2 aliphatic heterocycles. The van der Waals surface area contributed by atoms with Crippen molar-refractivity contribution in [1.82, 2.24) is 14.8 Å². The Bertz CT molecular complexity index is 1330. The highest BCUT2D eigenvalue weighted by molar-refractivity contribution is 6.04. The van der Waals surface area contributed by atoms with Crippen LogP contribution in [0.2, 0.25) is 0 Å². The highest BCUT2D eigenvalue weighted by atomic mass is 16.5. The summed E-state index contributed by atoms with van der Waals surface area (Å²) in [5, 5.41) is 6.62. The molecule has 0 aromatic heterocycles. The number of carbonyl (C=O) groups excluding carboxylic acids is 1. The lowest BCUT2D eigenvalue weighted by Crippen LogP contribution is -2.49. The first kappa shape index (κ1) is 26.9. The van der Waals surface area contributed by atoms with Gasteiger partial charge in [-0.1, -0.05) is 54.1 Å². The van der Waals surface area contributed by atoms with E-state index >= 15 is 0 Å². The van der Waals surface area contributed by atoms with Crippen molar-refractivity contribution in [2.75, 3.05) is 46.9 Å². The number of aryl methyl sites for hydroxylation is 2. The van der Waals surface area contributed by atoms with Crippen LogP contribution in [0.5, 0.6) is 11.5 Å². The predicted octanol–water partition coefficient (Wildman–Crippen LogP) is 4.82. The van der Waals surface area contributed by atoms with Gasteiger partial charge in [-0.05, 0) is 43.2 Å². The lowest BCUT2D eigenvalue weighted by atomic mass is 9.94. The summed E-state index contributed by atoms with van der Waals surface area (Å²) in [5.74, 6) is 1.46. The van der Waals surface area contributed by atoms with Crippen molar-refractivity contribution in [2.24, 2.45) is 5.10 Å². The Balaban J connectivity index is 1.35.